The molecule has 20 heavy (non-hydrogen) atoms. The van der Waals surface area contributed by atoms with Crippen molar-refractivity contribution in [2.45, 2.75) is 38.1 Å². The molecule has 1 saturated carbocycles. The first kappa shape index (κ1) is 14.9. The van der Waals surface area contributed by atoms with Gasteiger partial charge in [0.15, 0.2) is 0 Å². The van der Waals surface area contributed by atoms with Gasteiger partial charge in [0.1, 0.15) is 0 Å². The molecule has 2 rings (SSSR count). The van der Waals surface area contributed by atoms with E-state index in [2.05, 4.69) is 0 Å². The van der Waals surface area contributed by atoms with Crippen LogP contribution in [0.15, 0.2) is 24.3 Å². The average molecular weight is 276 g/mol. The summed E-state index contributed by atoms with van der Waals surface area (Å²) in [7, 11) is 1.66. The number of carbonyl (C=O) groups excluding carboxylic acids is 1. The Morgan fingerprint density at radius 1 is 1.35 bits per heavy atom. The first-order chi connectivity index (χ1) is 9.51. The van der Waals surface area contributed by atoms with Gasteiger partial charge in [-0.15, -0.1) is 0 Å². The Bertz CT molecular complexity index is 464. The fourth-order valence-electron chi connectivity index (χ4n) is 2.61. The first-order valence-corrected chi connectivity index (χ1v) is 7.17. The third-order valence-corrected chi connectivity index (χ3v) is 4.04. The minimum Gasteiger partial charge on any atom is -0.399 e. The molecule has 1 amide bonds. The SMILES string of the molecule is COCCN(C(=O)C1(c2ccc(N)cc2)CC1)C(C)C. The summed E-state index contributed by atoms with van der Waals surface area (Å²) in [6.45, 7) is 5.31. The Hall–Kier alpha value is -1.55. The maximum Gasteiger partial charge on any atom is 0.233 e. The molecule has 4 heteroatoms. The molecule has 0 radical (unpaired) electrons. The zero-order chi connectivity index (χ0) is 14.8. The van der Waals surface area contributed by atoms with Crippen molar-refractivity contribution >= 4 is 11.6 Å². The van der Waals surface area contributed by atoms with E-state index >= 15 is 0 Å². The van der Waals surface area contributed by atoms with Crippen LogP contribution in [-0.4, -0.2) is 37.1 Å². The van der Waals surface area contributed by atoms with Crippen LogP contribution in [-0.2, 0) is 14.9 Å². The Kier molecular flexibility index (Phi) is 4.33. The lowest BCUT2D eigenvalue weighted by Gasteiger charge is -2.31. The van der Waals surface area contributed by atoms with Gasteiger partial charge in [-0.05, 0) is 44.4 Å². The van der Waals surface area contributed by atoms with Crippen LogP contribution in [0.5, 0.6) is 0 Å². The average Bonchev–Trinajstić information content (AvgIpc) is 3.21. The molecule has 1 aliphatic rings. The highest BCUT2D eigenvalue weighted by Gasteiger charge is 2.53. The van der Waals surface area contributed by atoms with Gasteiger partial charge in [-0.2, -0.15) is 0 Å². The zero-order valence-electron chi connectivity index (χ0n) is 12.6. The fraction of sp³-hybridized carbons (Fsp3) is 0.562. The van der Waals surface area contributed by atoms with Crippen LogP contribution < -0.4 is 5.73 Å². The molecule has 0 aromatic heterocycles. The monoisotopic (exact) mass is 276 g/mol. The van der Waals surface area contributed by atoms with E-state index in [1.165, 1.54) is 0 Å². The topological polar surface area (TPSA) is 55.6 Å². The van der Waals surface area contributed by atoms with Crippen LogP contribution in [0.2, 0.25) is 0 Å². The maximum absolute atomic E-state index is 12.9. The fourth-order valence-corrected chi connectivity index (χ4v) is 2.61. The molecular formula is C16H24N2O2. The van der Waals surface area contributed by atoms with Gasteiger partial charge in [0.05, 0.1) is 12.0 Å². The molecule has 1 aliphatic carbocycles. The third kappa shape index (κ3) is 2.80. The maximum atomic E-state index is 12.9. The number of amides is 1. The number of hydrogen-bond donors (Lipinski definition) is 1. The van der Waals surface area contributed by atoms with Crippen LogP contribution >= 0.6 is 0 Å². The Morgan fingerprint density at radius 3 is 2.40 bits per heavy atom. The van der Waals surface area contributed by atoms with Crippen molar-refractivity contribution in [2.75, 3.05) is 26.0 Å². The summed E-state index contributed by atoms with van der Waals surface area (Å²) in [5.41, 5.74) is 7.22. The van der Waals surface area contributed by atoms with E-state index in [-0.39, 0.29) is 17.4 Å². The summed E-state index contributed by atoms with van der Waals surface area (Å²) in [4.78, 5) is 14.8. The third-order valence-electron chi connectivity index (χ3n) is 4.04. The van der Waals surface area contributed by atoms with Gasteiger partial charge in [0.25, 0.3) is 0 Å². The second kappa shape index (κ2) is 5.83. The van der Waals surface area contributed by atoms with E-state index in [4.69, 9.17) is 10.5 Å². The quantitative estimate of drug-likeness (QED) is 0.810. The van der Waals surface area contributed by atoms with Crippen LogP contribution in [0.1, 0.15) is 32.3 Å². The van der Waals surface area contributed by atoms with Crippen molar-refractivity contribution in [3.05, 3.63) is 29.8 Å². The number of hydrogen-bond acceptors (Lipinski definition) is 3. The molecule has 4 nitrogen and oxygen atoms in total. The first-order valence-electron chi connectivity index (χ1n) is 7.17. The second-order valence-corrected chi connectivity index (χ2v) is 5.79. The molecule has 1 aromatic carbocycles. The van der Waals surface area contributed by atoms with Gasteiger partial charge in [0.2, 0.25) is 5.91 Å². The van der Waals surface area contributed by atoms with Gasteiger partial charge < -0.3 is 15.4 Å². The van der Waals surface area contributed by atoms with Crippen LogP contribution in [0.25, 0.3) is 0 Å². The lowest BCUT2D eigenvalue weighted by atomic mass is 9.93. The molecule has 0 atom stereocenters. The van der Waals surface area contributed by atoms with E-state index in [0.717, 1.165) is 24.1 Å². The number of ether oxygens (including phenoxy) is 1. The van der Waals surface area contributed by atoms with Crippen molar-refractivity contribution < 1.29 is 9.53 Å². The number of anilines is 1. The lowest BCUT2D eigenvalue weighted by Crippen LogP contribution is -2.45. The molecule has 1 aromatic rings. The summed E-state index contributed by atoms with van der Waals surface area (Å²) < 4.78 is 5.12. The van der Waals surface area contributed by atoms with Gasteiger partial charge in [-0.25, -0.2) is 0 Å². The van der Waals surface area contributed by atoms with Gasteiger partial charge in [0, 0.05) is 25.4 Å². The number of carbonyl (C=O) groups is 1. The van der Waals surface area contributed by atoms with Gasteiger partial charge in [-0.1, -0.05) is 12.1 Å². The van der Waals surface area contributed by atoms with Crippen molar-refractivity contribution in [1.29, 1.82) is 0 Å². The number of nitrogens with two attached hydrogens (primary N) is 1. The zero-order valence-corrected chi connectivity index (χ0v) is 12.6. The van der Waals surface area contributed by atoms with Crippen LogP contribution in [0, 0.1) is 0 Å². The highest BCUT2D eigenvalue weighted by Crippen LogP contribution is 2.50. The summed E-state index contributed by atoms with van der Waals surface area (Å²) in [6.07, 6.45) is 1.85. The summed E-state index contributed by atoms with van der Waals surface area (Å²) in [5.74, 6) is 0.217. The Morgan fingerprint density at radius 2 is 1.95 bits per heavy atom. The molecule has 1 fully saturated rings. The van der Waals surface area contributed by atoms with E-state index in [1.54, 1.807) is 7.11 Å². The molecule has 0 unspecified atom stereocenters. The predicted octanol–water partition coefficient (Wildman–Crippen LogP) is 2.18. The molecule has 0 heterocycles. The van der Waals surface area contributed by atoms with Crippen molar-refractivity contribution in [3.8, 4) is 0 Å². The highest BCUT2D eigenvalue weighted by molar-refractivity contribution is 5.91. The van der Waals surface area contributed by atoms with Crippen molar-refractivity contribution in [2.24, 2.45) is 0 Å². The van der Waals surface area contributed by atoms with Gasteiger partial charge in [-0.3, -0.25) is 4.79 Å². The number of rotatable bonds is 6. The Balaban J connectivity index is 2.19. The van der Waals surface area contributed by atoms with E-state index in [1.807, 2.05) is 43.0 Å². The van der Waals surface area contributed by atoms with E-state index in [9.17, 15) is 4.79 Å². The largest absolute Gasteiger partial charge is 0.399 e. The van der Waals surface area contributed by atoms with E-state index < -0.39 is 0 Å². The van der Waals surface area contributed by atoms with E-state index in [0.29, 0.717) is 13.2 Å². The highest BCUT2D eigenvalue weighted by atomic mass is 16.5. The van der Waals surface area contributed by atoms with Crippen molar-refractivity contribution in [1.82, 2.24) is 4.90 Å². The summed E-state index contributed by atoms with van der Waals surface area (Å²) in [6, 6.07) is 7.89. The summed E-state index contributed by atoms with van der Waals surface area (Å²) >= 11 is 0. The minimum absolute atomic E-state index is 0.184. The molecule has 0 aliphatic heterocycles. The number of benzene rings is 1. The van der Waals surface area contributed by atoms with Crippen molar-refractivity contribution in [3.63, 3.8) is 0 Å². The summed E-state index contributed by atoms with van der Waals surface area (Å²) in [5, 5.41) is 0. The second-order valence-electron chi connectivity index (χ2n) is 5.79. The minimum atomic E-state index is -0.328. The van der Waals surface area contributed by atoms with Gasteiger partial charge >= 0.3 is 0 Å². The van der Waals surface area contributed by atoms with Crippen LogP contribution in [0.4, 0.5) is 5.69 Å². The Labute approximate surface area is 120 Å². The molecular weight excluding hydrogens is 252 g/mol. The molecule has 0 bridgehead atoms. The molecule has 0 spiro atoms. The number of methoxy groups -OCH3 is 1. The normalized spacial score (nSPS) is 16.2. The molecule has 110 valence electrons. The number of nitrogens with zero attached hydrogens (tertiary/aromatic N) is 1. The molecule has 2 N–H and O–H groups in total. The molecule has 0 saturated heterocycles. The smallest absolute Gasteiger partial charge is 0.233 e. The lowest BCUT2D eigenvalue weighted by molar-refractivity contribution is -0.136. The number of nitrogen functional groups attached to an aromatic ring is 1. The predicted molar refractivity (Wildman–Crippen MR) is 80.5 cm³/mol. The van der Waals surface area contributed by atoms with Crippen LogP contribution in [0.3, 0.4) is 0 Å². The standard InChI is InChI=1S/C16H24N2O2/c1-12(2)18(10-11-20-3)15(19)16(8-9-16)13-4-6-14(17)7-5-13/h4-7,12H,8-11,17H2,1-3H3.